The van der Waals surface area contributed by atoms with Gasteiger partial charge in [0.05, 0.1) is 6.54 Å². The second kappa shape index (κ2) is 9.19. The molecule has 1 aliphatic heterocycles. The van der Waals surface area contributed by atoms with Crippen LogP contribution in [0.2, 0.25) is 0 Å². The molecular weight excluding hydrogens is 450 g/mol. The summed E-state index contributed by atoms with van der Waals surface area (Å²) in [6.07, 6.45) is -1.33. The summed E-state index contributed by atoms with van der Waals surface area (Å²) in [5.74, 6) is -3.79. The molecule has 14 nitrogen and oxygen atoms in total. The number of carboxylic acid groups (broad SMARTS) is 2. The van der Waals surface area contributed by atoms with E-state index < -0.39 is 47.8 Å². The monoisotopic (exact) mass is 473 g/mol. The van der Waals surface area contributed by atoms with Crippen LogP contribution in [0.15, 0.2) is 29.1 Å². The molecule has 2 aromatic rings. The van der Waals surface area contributed by atoms with Gasteiger partial charge in [-0.25, -0.2) is 4.79 Å². The number of rotatable bonds is 9. The average Bonchev–Trinajstić information content (AvgIpc) is 2.80. The lowest BCUT2D eigenvalue weighted by molar-refractivity contribution is -0.142. The van der Waals surface area contributed by atoms with Gasteiger partial charge in [0.1, 0.15) is 6.17 Å². The van der Waals surface area contributed by atoms with Gasteiger partial charge in [-0.05, 0) is 30.7 Å². The average molecular weight is 473 g/mol. The summed E-state index contributed by atoms with van der Waals surface area (Å²) in [5, 5.41) is 21.2. The summed E-state index contributed by atoms with van der Waals surface area (Å²) in [6, 6.07) is 5.72. The molecule has 2 atom stereocenters. The first-order chi connectivity index (χ1) is 16.0. The van der Waals surface area contributed by atoms with E-state index in [-0.39, 0.29) is 29.6 Å². The van der Waals surface area contributed by atoms with Crippen molar-refractivity contribution in [2.75, 3.05) is 34.4 Å². The number of aromatic nitrogens is 2. The number of aliphatic carboxylic acids is 2. The number of amides is 1. The van der Waals surface area contributed by atoms with E-state index in [4.69, 9.17) is 16.6 Å². The number of aromatic amines is 1. The van der Waals surface area contributed by atoms with Gasteiger partial charge in [-0.1, -0.05) is 0 Å². The molecule has 0 saturated heterocycles. The van der Waals surface area contributed by atoms with Crippen LogP contribution in [0.5, 0.6) is 0 Å². The highest BCUT2D eigenvalue weighted by atomic mass is 16.4. The summed E-state index contributed by atoms with van der Waals surface area (Å²) in [5.41, 5.74) is 8.81. The molecular formula is C20H23N7O7. The van der Waals surface area contributed by atoms with Crippen LogP contribution in [-0.2, 0) is 14.4 Å². The van der Waals surface area contributed by atoms with Crippen molar-refractivity contribution in [1.82, 2.24) is 9.97 Å². The zero-order valence-electron chi connectivity index (χ0n) is 18.0. The van der Waals surface area contributed by atoms with Gasteiger partial charge in [-0.15, -0.1) is 0 Å². The molecule has 0 saturated carbocycles. The SMILES string of the molecule is CN(c1ccc(C(=O)C(N)(CCC(=O)O)C(=O)O)cc1)[C@@H]1CNc2nc(N)[nH]c(=O)c2N1C=O. The Morgan fingerprint density at radius 3 is 2.50 bits per heavy atom. The minimum absolute atomic E-state index is 0.00750. The molecule has 1 unspecified atom stereocenters. The maximum Gasteiger partial charge on any atom is 0.331 e. The number of nitrogens with zero attached hydrogens (tertiary/aromatic N) is 3. The number of nitrogens with two attached hydrogens (primary N) is 2. The van der Waals surface area contributed by atoms with E-state index in [0.717, 1.165) is 0 Å². The Labute approximate surface area is 192 Å². The summed E-state index contributed by atoms with van der Waals surface area (Å²) < 4.78 is 0. The molecule has 1 aromatic carbocycles. The van der Waals surface area contributed by atoms with E-state index in [1.54, 1.807) is 11.9 Å². The molecule has 14 heteroatoms. The minimum Gasteiger partial charge on any atom is -0.481 e. The Kier molecular flexibility index (Phi) is 6.54. The standard InChI is InChI=1S/C20H23N7O7/c1-26(12-8-23-16-14(27(12)9-28)17(32)25-19(21)24-16)11-4-2-10(3-5-11)15(31)20(22,18(33)34)7-6-13(29)30/h2-5,9,12H,6-8,22H2,1H3,(H,29,30)(H,33,34)(H4,21,23,24,25,32)/t12-,20?/m0/s1. The second-order valence-electron chi connectivity index (χ2n) is 7.68. The van der Waals surface area contributed by atoms with Gasteiger partial charge in [0, 0.05) is 24.7 Å². The first-order valence-corrected chi connectivity index (χ1v) is 9.98. The quantitative estimate of drug-likeness (QED) is 0.147. The van der Waals surface area contributed by atoms with Gasteiger partial charge in [0.25, 0.3) is 5.56 Å². The number of carbonyl (C=O) groups is 4. The topological polar surface area (TPSA) is 225 Å². The number of nitrogens with one attached hydrogen (secondary N) is 2. The van der Waals surface area contributed by atoms with Crippen LogP contribution in [0, 0.1) is 0 Å². The molecule has 0 spiro atoms. The highest BCUT2D eigenvalue weighted by Crippen LogP contribution is 2.29. The zero-order valence-corrected chi connectivity index (χ0v) is 18.0. The number of ketones is 1. The Morgan fingerprint density at radius 1 is 1.29 bits per heavy atom. The Hall–Kier alpha value is -4.46. The first kappa shape index (κ1) is 24.2. The van der Waals surface area contributed by atoms with Gasteiger partial charge in [-0.2, -0.15) is 4.98 Å². The highest BCUT2D eigenvalue weighted by molar-refractivity contribution is 6.16. The maximum atomic E-state index is 12.8. The molecule has 8 N–H and O–H groups in total. The van der Waals surface area contributed by atoms with Crippen molar-refractivity contribution in [3.05, 3.63) is 40.2 Å². The summed E-state index contributed by atoms with van der Waals surface area (Å²) in [7, 11) is 1.65. The summed E-state index contributed by atoms with van der Waals surface area (Å²) in [6.45, 7) is 0.193. The van der Waals surface area contributed by atoms with E-state index in [1.807, 2.05) is 0 Å². The van der Waals surface area contributed by atoms with E-state index in [9.17, 15) is 29.1 Å². The minimum atomic E-state index is -2.40. The lowest BCUT2D eigenvalue weighted by atomic mass is 9.86. The smallest absolute Gasteiger partial charge is 0.331 e. The Bertz CT molecular complexity index is 1200. The van der Waals surface area contributed by atoms with Gasteiger partial charge < -0.3 is 31.9 Å². The third-order valence-corrected chi connectivity index (χ3v) is 5.56. The maximum absolute atomic E-state index is 12.8. The highest BCUT2D eigenvalue weighted by Gasteiger charge is 2.43. The molecule has 34 heavy (non-hydrogen) atoms. The van der Waals surface area contributed by atoms with Crippen LogP contribution < -0.4 is 32.1 Å². The Morgan fingerprint density at radius 2 is 1.94 bits per heavy atom. The van der Waals surface area contributed by atoms with Crippen molar-refractivity contribution in [1.29, 1.82) is 0 Å². The van der Waals surface area contributed by atoms with Crippen molar-refractivity contribution >= 4 is 47.3 Å². The molecule has 3 rings (SSSR count). The number of carbonyl (C=O) groups excluding carboxylic acids is 2. The van der Waals surface area contributed by atoms with E-state index in [1.165, 1.54) is 29.2 Å². The second-order valence-corrected chi connectivity index (χ2v) is 7.68. The van der Waals surface area contributed by atoms with Crippen molar-refractivity contribution < 1.29 is 29.4 Å². The molecule has 180 valence electrons. The fourth-order valence-electron chi connectivity index (χ4n) is 3.63. The van der Waals surface area contributed by atoms with Crippen molar-refractivity contribution in [2.45, 2.75) is 24.5 Å². The lowest BCUT2D eigenvalue weighted by Crippen LogP contribution is -2.55. The van der Waals surface area contributed by atoms with Gasteiger partial charge >= 0.3 is 11.9 Å². The third-order valence-electron chi connectivity index (χ3n) is 5.56. The number of Topliss-reactive ketones (excluding diaryl/α,β-unsaturated/α-hetero) is 1. The number of anilines is 4. The number of hydrogen-bond donors (Lipinski definition) is 6. The molecule has 0 aliphatic carbocycles. The molecule has 1 aromatic heterocycles. The summed E-state index contributed by atoms with van der Waals surface area (Å²) >= 11 is 0. The number of H-pyrrole nitrogens is 1. The van der Waals surface area contributed by atoms with Crippen LogP contribution in [0.1, 0.15) is 23.2 Å². The number of hydrogen-bond acceptors (Lipinski definition) is 10. The van der Waals surface area contributed by atoms with Crippen molar-refractivity contribution in [3.63, 3.8) is 0 Å². The number of carboxylic acids is 2. The molecule has 1 aliphatic rings. The third kappa shape index (κ3) is 4.38. The predicted molar refractivity (Wildman–Crippen MR) is 121 cm³/mol. The van der Waals surface area contributed by atoms with Crippen LogP contribution in [0.3, 0.4) is 0 Å². The van der Waals surface area contributed by atoms with Crippen LogP contribution >= 0.6 is 0 Å². The van der Waals surface area contributed by atoms with Crippen molar-refractivity contribution in [3.8, 4) is 0 Å². The van der Waals surface area contributed by atoms with Gasteiger partial charge in [-0.3, -0.25) is 29.1 Å². The molecule has 2 heterocycles. The Balaban J connectivity index is 1.86. The van der Waals surface area contributed by atoms with Crippen LogP contribution in [0.25, 0.3) is 0 Å². The first-order valence-electron chi connectivity index (χ1n) is 9.98. The van der Waals surface area contributed by atoms with Crippen molar-refractivity contribution in [2.24, 2.45) is 5.73 Å². The number of benzene rings is 1. The molecule has 1 amide bonds. The normalized spacial score (nSPS) is 16.5. The fourth-order valence-corrected chi connectivity index (χ4v) is 3.63. The fraction of sp³-hybridized carbons (Fsp3) is 0.300. The zero-order chi connectivity index (χ0) is 25.2. The number of fused-ring (bicyclic) bond motifs is 1. The predicted octanol–water partition coefficient (Wildman–Crippen LogP) is -0.967. The molecule has 0 fully saturated rings. The van der Waals surface area contributed by atoms with E-state index in [0.29, 0.717) is 12.1 Å². The van der Waals surface area contributed by atoms with Gasteiger partial charge in [0.2, 0.25) is 12.4 Å². The lowest BCUT2D eigenvalue weighted by Gasteiger charge is -2.40. The van der Waals surface area contributed by atoms with Gasteiger partial charge in [0.15, 0.2) is 22.8 Å². The van der Waals surface area contributed by atoms with E-state index in [2.05, 4.69) is 15.3 Å². The number of nitrogen functional groups attached to an aromatic ring is 1. The van der Waals surface area contributed by atoms with Crippen LogP contribution in [-0.4, -0.2) is 69.6 Å². The molecule has 0 bridgehead atoms. The van der Waals surface area contributed by atoms with E-state index >= 15 is 0 Å². The van der Waals surface area contributed by atoms with Crippen LogP contribution in [0.4, 0.5) is 23.1 Å². The number of likely N-dealkylation sites (N-methyl/N-ethyl adjacent to an activating group) is 1. The molecule has 0 radical (unpaired) electrons. The summed E-state index contributed by atoms with van der Waals surface area (Å²) in [4.78, 5) is 68.6. The largest absolute Gasteiger partial charge is 0.481 e.